The fourth-order valence-corrected chi connectivity index (χ4v) is 2.96. The SMILES string of the molecule is CNC(=O)Nc1cc2c(-c3cccc(C4COC4)n3)cn(C)c2cn1. The molecular formula is C18H19N5O2. The first-order valence-electron chi connectivity index (χ1n) is 8.14. The van der Waals surface area contributed by atoms with Gasteiger partial charge >= 0.3 is 6.03 Å². The van der Waals surface area contributed by atoms with Gasteiger partial charge in [0.1, 0.15) is 5.82 Å². The normalized spacial score (nSPS) is 14.3. The number of hydrogen-bond donors (Lipinski definition) is 2. The predicted octanol–water partition coefficient (Wildman–Crippen LogP) is 2.50. The van der Waals surface area contributed by atoms with E-state index in [4.69, 9.17) is 9.72 Å². The zero-order valence-electron chi connectivity index (χ0n) is 14.1. The van der Waals surface area contributed by atoms with Gasteiger partial charge in [-0.15, -0.1) is 0 Å². The molecule has 0 unspecified atom stereocenters. The molecule has 0 bridgehead atoms. The van der Waals surface area contributed by atoms with Gasteiger partial charge in [-0.25, -0.2) is 9.78 Å². The molecule has 1 aliphatic heterocycles. The molecule has 1 fully saturated rings. The molecule has 3 aromatic rings. The average Bonchev–Trinajstić information content (AvgIpc) is 2.90. The maximum Gasteiger partial charge on any atom is 0.320 e. The van der Waals surface area contributed by atoms with Crippen LogP contribution in [-0.4, -0.2) is 40.8 Å². The molecular weight excluding hydrogens is 318 g/mol. The number of anilines is 1. The number of aryl methyl sites for hydroxylation is 1. The fourth-order valence-electron chi connectivity index (χ4n) is 2.96. The molecule has 1 saturated heterocycles. The summed E-state index contributed by atoms with van der Waals surface area (Å²) in [5.41, 5.74) is 3.96. The molecule has 0 atom stereocenters. The van der Waals surface area contributed by atoms with Gasteiger partial charge in [0, 0.05) is 42.9 Å². The third kappa shape index (κ3) is 2.83. The molecule has 1 aliphatic rings. The number of aromatic nitrogens is 3. The van der Waals surface area contributed by atoms with E-state index in [9.17, 15) is 4.79 Å². The lowest BCUT2D eigenvalue weighted by molar-refractivity contribution is 0.00676. The monoisotopic (exact) mass is 337 g/mol. The van der Waals surface area contributed by atoms with E-state index in [2.05, 4.69) is 15.6 Å². The Morgan fingerprint density at radius 1 is 1.36 bits per heavy atom. The molecule has 25 heavy (non-hydrogen) atoms. The lowest BCUT2D eigenvalue weighted by Crippen LogP contribution is -2.25. The Morgan fingerprint density at radius 3 is 2.92 bits per heavy atom. The van der Waals surface area contributed by atoms with Crippen molar-refractivity contribution in [3.63, 3.8) is 0 Å². The second kappa shape index (κ2) is 6.18. The Morgan fingerprint density at radius 2 is 2.20 bits per heavy atom. The summed E-state index contributed by atoms with van der Waals surface area (Å²) < 4.78 is 7.29. The maximum absolute atomic E-state index is 11.5. The number of carbonyl (C=O) groups excluding carboxylic acids is 1. The molecule has 0 spiro atoms. The molecule has 4 rings (SSSR count). The Balaban J connectivity index is 1.78. The third-order valence-corrected chi connectivity index (χ3v) is 4.45. The minimum absolute atomic E-state index is 0.297. The van der Waals surface area contributed by atoms with Crippen molar-refractivity contribution in [2.24, 2.45) is 7.05 Å². The molecule has 2 amide bonds. The van der Waals surface area contributed by atoms with Gasteiger partial charge in [-0.1, -0.05) is 6.07 Å². The number of urea groups is 1. The van der Waals surface area contributed by atoms with Crippen LogP contribution in [0.15, 0.2) is 36.7 Å². The highest BCUT2D eigenvalue weighted by Crippen LogP contribution is 2.31. The Kier molecular flexibility index (Phi) is 3.85. The summed E-state index contributed by atoms with van der Waals surface area (Å²) in [7, 11) is 3.55. The van der Waals surface area contributed by atoms with E-state index in [1.54, 1.807) is 13.2 Å². The van der Waals surface area contributed by atoms with E-state index >= 15 is 0 Å². The van der Waals surface area contributed by atoms with Crippen molar-refractivity contribution in [1.82, 2.24) is 19.9 Å². The van der Waals surface area contributed by atoms with Crippen LogP contribution in [0.1, 0.15) is 11.6 Å². The molecule has 0 aromatic carbocycles. The van der Waals surface area contributed by atoms with Gasteiger partial charge in [-0.05, 0) is 18.2 Å². The topological polar surface area (TPSA) is 81.1 Å². The highest BCUT2D eigenvalue weighted by Gasteiger charge is 2.22. The summed E-state index contributed by atoms with van der Waals surface area (Å²) in [5.74, 6) is 0.880. The van der Waals surface area contributed by atoms with Crippen LogP contribution >= 0.6 is 0 Å². The van der Waals surface area contributed by atoms with Crippen LogP contribution in [-0.2, 0) is 11.8 Å². The number of amides is 2. The van der Waals surface area contributed by atoms with Crippen LogP contribution in [0.25, 0.3) is 22.2 Å². The molecule has 2 N–H and O–H groups in total. The number of carbonyl (C=O) groups is 1. The van der Waals surface area contributed by atoms with Crippen molar-refractivity contribution < 1.29 is 9.53 Å². The third-order valence-electron chi connectivity index (χ3n) is 4.45. The van der Waals surface area contributed by atoms with Crippen molar-refractivity contribution in [3.8, 4) is 11.3 Å². The zero-order valence-corrected chi connectivity index (χ0v) is 14.1. The molecule has 128 valence electrons. The Hall–Kier alpha value is -2.93. The van der Waals surface area contributed by atoms with E-state index < -0.39 is 0 Å². The molecule has 0 saturated carbocycles. The largest absolute Gasteiger partial charge is 0.380 e. The summed E-state index contributed by atoms with van der Waals surface area (Å²) in [6.45, 7) is 1.46. The van der Waals surface area contributed by atoms with E-state index in [1.807, 2.05) is 42.1 Å². The van der Waals surface area contributed by atoms with E-state index in [0.717, 1.165) is 41.1 Å². The number of hydrogen-bond acceptors (Lipinski definition) is 4. The van der Waals surface area contributed by atoms with Crippen LogP contribution in [0, 0.1) is 0 Å². The first-order valence-corrected chi connectivity index (χ1v) is 8.14. The highest BCUT2D eigenvalue weighted by atomic mass is 16.5. The summed E-state index contributed by atoms with van der Waals surface area (Å²) in [5, 5.41) is 6.24. The summed E-state index contributed by atoms with van der Waals surface area (Å²) in [6.07, 6.45) is 3.80. The standard InChI is InChI=1S/C18H19N5O2/c1-19-18(24)22-17-6-12-13(8-23(2)16(12)7-20-17)15-5-3-4-14(21-15)11-9-25-10-11/h3-8,11H,9-10H2,1-2H3,(H2,19,20,22,24). The van der Waals surface area contributed by atoms with E-state index in [1.165, 1.54) is 0 Å². The van der Waals surface area contributed by atoms with Gasteiger partial charge in [0.2, 0.25) is 0 Å². The van der Waals surface area contributed by atoms with Crippen LogP contribution in [0.3, 0.4) is 0 Å². The summed E-state index contributed by atoms with van der Waals surface area (Å²) in [6, 6.07) is 7.65. The summed E-state index contributed by atoms with van der Waals surface area (Å²) in [4.78, 5) is 20.7. The minimum Gasteiger partial charge on any atom is -0.380 e. The number of nitrogens with one attached hydrogen (secondary N) is 2. The lowest BCUT2D eigenvalue weighted by atomic mass is 10.0. The number of ether oxygens (including phenoxy) is 1. The molecule has 3 aromatic heterocycles. The highest BCUT2D eigenvalue weighted by molar-refractivity contribution is 5.98. The number of fused-ring (bicyclic) bond motifs is 1. The second-order valence-electron chi connectivity index (χ2n) is 6.13. The fraction of sp³-hybridized carbons (Fsp3) is 0.278. The Labute approximate surface area is 145 Å². The van der Waals surface area contributed by atoms with Crippen molar-refractivity contribution in [3.05, 3.63) is 42.4 Å². The van der Waals surface area contributed by atoms with Gasteiger partial charge < -0.3 is 14.6 Å². The average molecular weight is 337 g/mol. The molecule has 0 radical (unpaired) electrons. The minimum atomic E-state index is -0.297. The van der Waals surface area contributed by atoms with Crippen molar-refractivity contribution in [2.75, 3.05) is 25.6 Å². The van der Waals surface area contributed by atoms with Crippen molar-refractivity contribution >= 4 is 22.8 Å². The van der Waals surface area contributed by atoms with E-state index in [-0.39, 0.29) is 6.03 Å². The van der Waals surface area contributed by atoms with Gasteiger partial charge in [0.15, 0.2) is 0 Å². The quantitative estimate of drug-likeness (QED) is 0.769. The zero-order chi connectivity index (χ0) is 17.4. The molecule has 0 aliphatic carbocycles. The number of rotatable bonds is 3. The van der Waals surface area contributed by atoms with Crippen LogP contribution in [0.5, 0.6) is 0 Å². The first-order chi connectivity index (χ1) is 12.2. The molecule has 7 heteroatoms. The molecule has 4 heterocycles. The first kappa shape index (κ1) is 15.6. The predicted molar refractivity (Wildman–Crippen MR) is 95.6 cm³/mol. The maximum atomic E-state index is 11.5. The smallest absolute Gasteiger partial charge is 0.320 e. The van der Waals surface area contributed by atoms with Crippen LogP contribution < -0.4 is 10.6 Å². The second-order valence-corrected chi connectivity index (χ2v) is 6.13. The van der Waals surface area contributed by atoms with Crippen molar-refractivity contribution in [2.45, 2.75) is 5.92 Å². The van der Waals surface area contributed by atoms with Crippen molar-refractivity contribution in [1.29, 1.82) is 0 Å². The van der Waals surface area contributed by atoms with Gasteiger partial charge in [-0.2, -0.15) is 0 Å². The van der Waals surface area contributed by atoms with Crippen LogP contribution in [0.2, 0.25) is 0 Å². The lowest BCUT2D eigenvalue weighted by Gasteiger charge is -2.25. The Bertz CT molecular complexity index is 946. The van der Waals surface area contributed by atoms with Gasteiger partial charge in [0.05, 0.1) is 30.6 Å². The van der Waals surface area contributed by atoms with Crippen LogP contribution in [0.4, 0.5) is 10.6 Å². The van der Waals surface area contributed by atoms with Gasteiger partial charge in [-0.3, -0.25) is 10.3 Å². The van der Waals surface area contributed by atoms with E-state index in [0.29, 0.717) is 11.7 Å². The summed E-state index contributed by atoms with van der Waals surface area (Å²) >= 11 is 0. The number of nitrogens with zero attached hydrogens (tertiary/aromatic N) is 3. The number of pyridine rings is 2. The van der Waals surface area contributed by atoms with Gasteiger partial charge in [0.25, 0.3) is 0 Å². The molecule has 7 nitrogen and oxygen atoms in total.